The second kappa shape index (κ2) is 14.8. The van der Waals surface area contributed by atoms with Gasteiger partial charge < -0.3 is 25.2 Å². The molecule has 0 spiro atoms. The fourth-order valence-corrected chi connectivity index (χ4v) is 8.08. The maximum Gasteiger partial charge on any atom is 0.341 e. The molecule has 46 heavy (non-hydrogen) atoms. The summed E-state index contributed by atoms with van der Waals surface area (Å²) < 4.78 is 5.50. The van der Waals surface area contributed by atoms with E-state index in [0.717, 1.165) is 47.1 Å². The van der Waals surface area contributed by atoms with Gasteiger partial charge in [0.05, 0.1) is 30.1 Å². The standard InChI is InChI=1S/C38H52O8/c1-19(15-20(2)16-30(39)25(7)36(42)43)11-9-8-10-12-26-22(4)17-29-27(14-13-21(3)35(29)41)34-33(26)32-24(6)31(40)18-28(32)23(5)37(44)46-38(34)45/h8-12,17,20-21,24-27,29-31,34-35,39-41H,13-16,18H2,1-7H3,(H,42,43)/b9-8+,12-10+,19-11+,28-23-,33-32-. The molecule has 2 saturated carbocycles. The van der Waals surface area contributed by atoms with Crippen molar-refractivity contribution in [1.82, 2.24) is 0 Å². The van der Waals surface area contributed by atoms with Crippen molar-refractivity contribution < 1.29 is 39.5 Å². The number of esters is 2. The van der Waals surface area contributed by atoms with Crippen LogP contribution in [0.5, 0.6) is 0 Å². The lowest BCUT2D eigenvalue weighted by Crippen LogP contribution is -2.43. The maximum atomic E-state index is 13.9. The highest BCUT2D eigenvalue weighted by atomic mass is 16.6. The van der Waals surface area contributed by atoms with Gasteiger partial charge in [-0.3, -0.25) is 9.59 Å². The first-order valence-corrected chi connectivity index (χ1v) is 16.8. The molecule has 4 rings (SSSR count). The molecule has 8 heteroatoms. The third kappa shape index (κ3) is 7.40. The van der Waals surface area contributed by atoms with E-state index in [2.05, 4.69) is 12.2 Å². The van der Waals surface area contributed by atoms with Crippen molar-refractivity contribution in [2.24, 2.45) is 47.3 Å². The van der Waals surface area contributed by atoms with Crippen LogP contribution >= 0.6 is 0 Å². The summed E-state index contributed by atoms with van der Waals surface area (Å²) in [6, 6.07) is 0. The summed E-state index contributed by atoms with van der Waals surface area (Å²) in [6.45, 7) is 13.2. The van der Waals surface area contributed by atoms with Crippen LogP contribution in [0.25, 0.3) is 0 Å². The third-order valence-corrected chi connectivity index (χ3v) is 10.9. The number of aliphatic hydroxyl groups is 3. The van der Waals surface area contributed by atoms with Gasteiger partial charge in [-0.25, -0.2) is 4.79 Å². The monoisotopic (exact) mass is 636 g/mol. The molecule has 11 atom stereocenters. The van der Waals surface area contributed by atoms with Crippen LogP contribution in [-0.4, -0.2) is 56.6 Å². The Bertz CT molecular complexity index is 1390. The molecule has 0 aromatic rings. The van der Waals surface area contributed by atoms with Crippen LogP contribution < -0.4 is 0 Å². The zero-order valence-electron chi connectivity index (χ0n) is 28.3. The molecule has 1 heterocycles. The number of aliphatic carboxylic acids is 1. The summed E-state index contributed by atoms with van der Waals surface area (Å²) >= 11 is 0. The largest absolute Gasteiger partial charge is 0.481 e. The van der Waals surface area contributed by atoms with Gasteiger partial charge in [0, 0.05) is 23.3 Å². The molecule has 4 N–H and O–H groups in total. The van der Waals surface area contributed by atoms with Crippen molar-refractivity contribution in [2.45, 2.75) is 98.9 Å². The molecule has 11 unspecified atom stereocenters. The van der Waals surface area contributed by atoms with Gasteiger partial charge in [0.15, 0.2) is 0 Å². The molecular weight excluding hydrogens is 584 g/mol. The van der Waals surface area contributed by atoms with Crippen LogP contribution in [0.4, 0.5) is 0 Å². The van der Waals surface area contributed by atoms with E-state index < -0.39 is 48.1 Å². The molecule has 1 aliphatic heterocycles. The van der Waals surface area contributed by atoms with Gasteiger partial charge in [-0.05, 0) is 94.3 Å². The highest BCUT2D eigenvalue weighted by Gasteiger charge is 2.51. The van der Waals surface area contributed by atoms with Crippen LogP contribution in [0.1, 0.15) is 80.6 Å². The van der Waals surface area contributed by atoms with Crippen molar-refractivity contribution in [1.29, 1.82) is 0 Å². The lowest BCUT2D eigenvalue weighted by Gasteiger charge is -2.41. The summed E-state index contributed by atoms with van der Waals surface area (Å²) in [7, 11) is 0. The average molecular weight is 637 g/mol. The van der Waals surface area contributed by atoms with Crippen LogP contribution in [0.15, 0.2) is 69.9 Å². The summed E-state index contributed by atoms with van der Waals surface area (Å²) in [6.07, 6.45) is 12.7. The second-order valence-electron chi connectivity index (χ2n) is 14.4. The Hall–Kier alpha value is -3.07. The molecule has 0 saturated heterocycles. The van der Waals surface area contributed by atoms with Gasteiger partial charge in [0.2, 0.25) is 0 Å². The van der Waals surface area contributed by atoms with Gasteiger partial charge in [-0.15, -0.1) is 0 Å². The summed E-state index contributed by atoms with van der Waals surface area (Å²) in [5, 5.41) is 41.7. The smallest absolute Gasteiger partial charge is 0.341 e. The number of ether oxygens (including phenoxy) is 1. The van der Waals surface area contributed by atoms with Gasteiger partial charge in [-0.2, -0.15) is 0 Å². The summed E-state index contributed by atoms with van der Waals surface area (Å²) in [5.74, 6) is -4.64. The fourth-order valence-electron chi connectivity index (χ4n) is 8.08. The number of cyclic esters (lactones) is 2. The van der Waals surface area contributed by atoms with Gasteiger partial charge >= 0.3 is 17.9 Å². The minimum Gasteiger partial charge on any atom is -0.481 e. The molecule has 0 radical (unpaired) electrons. The van der Waals surface area contributed by atoms with E-state index in [-0.39, 0.29) is 35.5 Å². The number of fused-ring (bicyclic) bond motifs is 4. The predicted octanol–water partition coefficient (Wildman–Crippen LogP) is 5.86. The SMILES string of the molecule is CC1=CC2C(O)C(C)CCC2C2C(=O)OC(=O)/C(C)=C3/CC(O)C(C)/C3=C/2C1/C=C/C=C/C=C(\C)CC(C)CC(O)C(C)C(=O)O. The first-order valence-electron chi connectivity index (χ1n) is 16.8. The Morgan fingerprint density at radius 1 is 1.09 bits per heavy atom. The van der Waals surface area contributed by atoms with Crippen LogP contribution in [0, 0.1) is 47.3 Å². The molecule has 0 bridgehead atoms. The Morgan fingerprint density at radius 3 is 2.46 bits per heavy atom. The number of hydrogen-bond acceptors (Lipinski definition) is 7. The minimum absolute atomic E-state index is 0.0779. The topological polar surface area (TPSA) is 141 Å². The van der Waals surface area contributed by atoms with Crippen LogP contribution in [-0.2, 0) is 19.1 Å². The Labute approximate surface area is 273 Å². The Kier molecular flexibility index (Phi) is 11.5. The lowest BCUT2D eigenvalue weighted by molar-refractivity contribution is -0.162. The van der Waals surface area contributed by atoms with Crippen molar-refractivity contribution in [3.8, 4) is 0 Å². The van der Waals surface area contributed by atoms with E-state index in [0.29, 0.717) is 18.4 Å². The minimum atomic E-state index is -1.00. The first kappa shape index (κ1) is 35.8. The van der Waals surface area contributed by atoms with Crippen molar-refractivity contribution in [3.05, 3.63) is 69.9 Å². The first-order chi connectivity index (χ1) is 21.6. The zero-order chi connectivity index (χ0) is 34.0. The van der Waals surface area contributed by atoms with Gasteiger partial charge in [0.1, 0.15) is 0 Å². The number of allylic oxidation sites excluding steroid dienone is 7. The quantitative estimate of drug-likeness (QED) is 0.107. The highest BCUT2D eigenvalue weighted by Crippen LogP contribution is 2.53. The van der Waals surface area contributed by atoms with Crippen LogP contribution in [0.2, 0.25) is 0 Å². The zero-order valence-corrected chi connectivity index (χ0v) is 28.3. The summed E-state index contributed by atoms with van der Waals surface area (Å²) in [4.78, 5) is 38.1. The number of carboxylic acids is 1. The number of carbonyl (C=O) groups is 3. The number of carboxylic acid groups (broad SMARTS) is 1. The molecule has 252 valence electrons. The lowest BCUT2D eigenvalue weighted by atomic mass is 9.65. The van der Waals surface area contributed by atoms with Crippen molar-refractivity contribution in [2.75, 3.05) is 0 Å². The molecule has 2 fully saturated rings. The molecule has 4 aliphatic rings. The second-order valence-corrected chi connectivity index (χ2v) is 14.4. The Balaban J connectivity index is 1.69. The molecular formula is C38H52O8. The highest BCUT2D eigenvalue weighted by molar-refractivity contribution is 5.99. The maximum absolute atomic E-state index is 13.9. The van der Waals surface area contributed by atoms with Crippen LogP contribution in [0.3, 0.4) is 0 Å². The van der Waals surface area contributed by atoms with Gasteiger partial charge in [0.25, 0.3) is 0 Å². The molecule has 3 aliphatic carbocycles. The molecule has 0 aromatic heterocycles. The average Bonchev–Trinajstić information content (AvgIpc) is 3.21. The normalized spacial score (nSPS) is 37.4. The van der Waals surface area contributed by atoms with E-state index in [9.17, 15) is 29.7 Å². The molecule has 0 amide bonds. The van der Waals surface area contributed by atoms with E-state index in [1.165, 1.54) is 6.92 Å². The number of hydrogen-bond donors (Lipinski definition) is 4. The van der Waals surface area contributed by atoms with E-state index in [1.807, 2.05) is 58.9 Å². The summed E-state index contributed by atoms with van der Waals surface area (Å²) in [5.41, 5.74) is 4.99. The van der Waals surface area contributed by atoms with Gasteiger partial charge in [-0.1, -0.05) is 68.4 Å². The predicted molar refractivity (Wildman–Crippen MR) is 176 cm³/mol. The molecule has 8 nitrogen and oxygen atoms in total. The fraction of sp³-hybridized carbons (Fsp3) is 0.605. The van der Waals surface area contributed by atoms with Crippen molar-refractivity contribution in [3.63, 3.8) is 0 Å². The third-order valence-electron chi connectivity index (χ3n) is 10.9. The number of aliphatic hydroxyl groups excluding tert-OH is 3. The number of carbonyl (C=O) groups excluding carboxylic acids is 2. The molecule has 0 aromatic carbocycles. The number of rotatable bonds is 9. The Morgan fingerprint density at radius 2 is 1.78 bits per heavy atom. The van der Waals surface area contributed by atoms with E-state index in [1.54, 1.807) is 6.92 Å². The van der Waals surface area contributed by atoms with E-state index >= 15 is 0 Å². The van der Waals surface area contributed by atoms with Crippen molar-refractivity contribution >= 4 is 17.9 Å². The van der Waals surface area contributed by atoms with E-state index in [4.69, 9.17) is 9.84 Å².